The van der Waals surface area contributed by atoms with Gasteiger partial charge in [0, 0.05) is 17.3 Å². The first-order chi connectivity index (χ1) is 18.6. The number of carbonyl (C=O) groups is 2. The molecule has 0 bridgehead atoms. The Morgan fingerprint density at radius 2 is 1.62 bits per heavy atom. The number of hydrogen-bond donors (Lipinski definition) is 1. The van der Waals surface area contributed by atoms with Gasteiger partial charge in [0.1, 0.15) is 17.4 Å². The number of amides is 1. The average Bonchev–Trinajstić information content (AvgIpc) is 2.88. The third-order valence-corrected chi connectivity index (χ3v) is 6.43. The summed E-state index contributed by atoms with van der Waals surface area (Å²) in [4.78, 5) is 26.5. The smallest absolute Gasteiger partial charge is 0.318 e. The number of halogens is 2. The van der Waals surface area contributed by atoms with Gasteiger partial charge in [-0.3, -0.25) is 9.59 Å². The van der Waals surface area contributed by atoms with Gasteiger partial charge >= 0.3 is 5.97 Å². The lowest BCUT2D eigenvalue weighted by molar-refractivity contribution is -0.135. The van der Waals surface area contributed by atoms with Gasteiger partial charge < -0.3 is 10.1 Å². The summed E-state index contributed by atoms with van der Waals surface area (Å²) in [6, 6.07) is 22.8. The van der Waals surface area contributed by atoms with E-state index in [0.717, 1.165) is 29.7 Å². The first-order valence-electron chi connectivity index (χ1n) is 12.9. The van der Waals surface area contributed by atoms with Gasteiger partial charge in [0.05, 0.1) is 11.5 Å². The summed E-state index contributed by atoms with van der Waals surface area (Å²) < 4.78 is 33.7. The van der Waals surface area contributed by atoms with Crippen LogP contribution in [0.3, 0.4) is 0 Å². The molecular weight excluding hydrogens is 496 g/mol. The highest BCUT2D eigenvalue weighted by atomic mass is 19.1. The van der Waals surface area contributed by atoms with Crippen LogP contribution in [-0.4, -0.2) is 11.9 Å². The normalized spacial score (nSPS) is 11.8. The molecule has 1 amide bonds. The highest BCUT2D eigenvalue weighted by Gasteiger charge is 2.22. The van der Waals surface area contributed by atoms with E-state index in [1.165, 1.54) is 29.8 Å². The zero-order valence-electron chi connectivity index (χ0n) is 22.4. The average molecular weight is 528 g/mol. The first kappa shape index (κ1) is 27.7. The van der Waals surface area contributed by atoms with E-state index in [4.69, 9.17) is 4.74 Å². The maximum atomic E-state index is 14.5. The van der Waals surface area contributed by atoms with Crippen molar-refractivity contribution in [2.75, 3.05) is 5.32 Å². The lowest BCUT2D eigenvalue weighted by Crippen LogP contribution is -2.20. The molecule has 4 aromatic rings. The molecular formula is C33H31F2NO3. The lowest BCUT2D eigenvalue weighted by atomic mass is 9.97. The summed E-state index contributed by atoms with van der Waals surface area (Å²) in [6.07, 6.45) is 0.944. The molecule has 0 aromatic heterocycles. The van der Waals surface area contributed by atoms with Crippen LogP contribution >= 0.6 is 0 Å². The van der Waals surface area contributed by atoms with E-state index in [-0.39, 0.29) is 16.9 Å². The molecule has 1 N–H and O–H groups in total. The maximum Gasteiger partial charge on any atom is 0.318 e. The van der Waals surface area contributed by atoms with Crippen molar-refractivity contribution in [1.29, 1.82) is 0 Å². The van der Waals surface area contributed by atoms with Crippen LogP contribution < -0.4 is 10.1 Å². The lowest BCUT2D eigenvalue weighted by Gasteiger charge is -2.16. The van der Waals surface area contributed by atoms with Crippen molar-refractivity contribution in [3.8, 4) is 16.9 Å². The predicted octanol–water partition coefficient (Wildman–Crippen LogP) is 8.10. The van der Waals surface area contributed by atoms with Crippen LogP contribution in [0, 0.1) is 24.5 Å². The monoisotopic (exact) mass is 527 g/mol. The second kappa shape index (κ2) is 12.0. The van der Waals surface area contributed by atoms with E-state index in [1.54, 1.807) is 19.1 Å². The van der Waals surface area contributed by atoms with E-state index in [0.29, 0.717) is 17.2 Å². The number of ether oxygens (including phenoxy) is 1. The zero-order chi connectivity index (χ0) is 28.1. The van der Waals surface area contributed by atoms with Gasteiger partial charge in [0.25, 0.3) is 5.91 Å². The van der Waals surface area contributed by atoms with Crippen LogP contribution in [-0.2, 0) is 11.2 Å². The Balaban J connectivity index is 1.64. The number of benzene rings is 4. The molecule has 200 valence electrons. The Bertz CT molecular complexity index is 1500. The second-order valence-electron chi connectivity index (χ2n) is 10.1. The summed E-state index contributed by atoms with van der Waals surface area (Å²) in [5, 5.41) is 2.81. The van der Waals surface area contributed by atoms with Crippen molar-refractivity contribution in [3.05, 3.63) is 119 Å². The third-order valence-electron chi connectivity index (χ3n) is 6.43. The molecule has 4 nitrogen and oxygen atoms in total. The van der Waals surface area contributed by atoms with Crippen LogP contribution in [0.1, 0.15) is 53.7 Å². The topological polar surface area (TPSA) is 55.4 Å². The Labute approximate surface area is 227 Å². The van der Waals surface area contributed by atoms with Crippen molar-refractivity contribution in [2.45, 2.75) is 40.0 Å². The van der Waals surface area contributed by atoms with Crippen LogP contribution in [0.15, 0.2) is 84.9 Å². The molecule has 0 spiro atoms. The number of hydrogen-bond acceptors (Lipinski definition) is 3. The van der Waals surface area contributed by atoms with E-state index in [1.807, 2.05) is 43.3 Å². The van der Waals surface area contributed by atoms with E-state index in [2.05, 4.69) is 19.2 Å². The molecule has 0 aliphatic heterocycles. The Morgan fingerprint density at radius 1 is 0.872 bits per heavy atom. The maximum absolute atomic E-state index is 14.5. The van der Waals surface area contributed by atoms with Gasteiger partial charge in [-0.05, 0) is 84.8 Å². The predicted molar refractivity (Wildman–Crippen MR) is 150 cm³/mol. The molecule has 1 atom stereocenters. The molecule has 0 fully saturated rings. The van der Waals surface area contributed by atoms with Crippen LogP contribution in [0.25, 0.3) is 11.1 Å². The molecule has 4 rings (SSSR count). The minimum atomic E-state index is -0.765. The van der Waals surface area contributed by atoms with E-state index < -0.39 is 29.4 Å². The zero-order valence-corrected chi connectivity index (χ0v) is 22.4. The largest absolute Gasteiger partial charge is 0.425 e. The number of esters is 1. The number of aryl methyl sites for hydroxylation is 1. The van der Waals surface area contributed by atoms with Gasteiger partial charge in [-0.25, -0.2) is 8.78 Å². The summed E-state index contributed by atoms with van der Waals surface area (Å²) in [7, 11) is 0. The minimum absolute atomic E-state index is 0.0414. The number of anilines is 1. The molecule has 0 aliphatic rings. The fourth-order valence-electron chi connectivity index (χ4n) is 4.36. The molecule has 6 heteroatoms. The van der Waals surface area contributed by atoms with Crippen molar-refractivity contribution in [1.82, 2.24) is 0 Å². The summed E-state index contributed by atoms with van der Waals surface area (Å²) in [6.45, 7) is 7.94. The third kappa shape index (κ3) is 6.96. The molecule has 0 aliphatic carbocycles. The molecule has 39 heavy (non-hydrogen) atoms. The number of rotatable bonds is 8. The molecule has 1 unspecified atom stereocenters. The SMILES string of the molecule is Cc1cccc(NC(=O)c2cc(-c3ccc(F)cc3F)ccc2OC(=O)C(C)c2ccc(CC(C)C)cc2)c1. The van der Waals surface area contributed by atoms with Crippen molar-refractivity contribution in [2.24, 2.45) is 5.92 Å². The standard InChI is InChI=1S/C33H31F2NO3/c1-20(2)16-23-8-10-24(11-9-23)22(4)33(38)39-31-15-12-25(28-14-13-26(34)19-30(28)35)18-29(31)32(37)36-27-7-5-6-21(3)17-27/h5-15,17-20,22H,16H2,1-4H3,(H,36,37). The fraction of sp³-hybridized carbons (Fsp3) is 0.212. The highest BCUT2D eigenvalue weighted by Crippen LogP contribution is 2.31. The molecule has 0 heterocycles. The van der Waals surface area contributed by atoms with Gasteiger partial charge in [0.15, 0.2) is 0 Å². The van der Waals surface area contributed by atoms with E-state index >= 15 is 0 Å². The molecule has 0 saturated heterocycles. The van der Waals surface area contributed by atoms with Crippen molar-refractivity contribution >= 4 is 17.6 Å². The Kier molecular flexibility index (Phi) is 8.55. The summed E-state index contributed by atoms with van der Waals surface area (Å²) >= 11 is 0. The van der Waals surface area contributed by atoms with Crippen molar-refractivity contribution in [3.63, 3.8) is 0 Å². The fourth-order valence-corrected chi connectivity index (χ4v) is 4.36. The van der Waals surface area contributed by atoms with E-state index in [9.17, 15) is 18.4 Å². The number of carbonyl (C=O) groups excluding carboxylic acids is 2. The molecule has 0 saturated carbocycles. The molecule has 4 aromatic carbocycles. The van der Waals surface area contributed by atoms with Crippen LogP contribution in [0.2, 0.25) is 0 Å². The van der Waals surface area contributed by atoms with Gasteiger partial charge in [-0.1, -0.05) is 56.3 Å². The summed E-state index contributed by atoms with van der Waals surface area (Å²) in [5.74, 6) is -2.55. The van der Waals surface area contributed by atoms with Crippen LogP contribution in [0.5, 0.6) is 5.75 Å². The first-order valence-corrected chi connectivity index (χ1v) is 12.9. The van der Waals surface area contributed by atoms with Gasteiger partial charge in [-0.15, -0.1) is 0 Å². The van der Waals surface area contributed by atoms with Gasteiger partial charge in [0.2, 0.25) is 0 Å². The summed E-state index contributed by atoms with van der Waals surface area (Å²) in [5.41, 5.74) is 4.01. The quantitative estimate of drug-likeness (QED) is 0.186. The Hall–Kier alpha value is -4.32. The number of nitrogens with one attached hydrogen (secondary N) is 1. The highest BCUT2D eigenvalue weighted by molar-refractivity contribution is 6.07. The molecule has 0 radical (unpaired) electrons. The van der Waals surface area contributed by atoms with Crippen LogP contribution in [0.4, 0.5) is 14.5 Å². The Morgan fingerprint density at radius 3 is 2.28 bits per heavy atom. The van der Waals surface area contributed by atoms with Crippen molar-refractivity contribution < 1.29 is 23.1 Å². The van der Waals surface area contributed by atoms with Gasteiger partial charge in [-0.2, -0.15) is 0 Å². The minimum Gasteiger partial charge on any atom is -0.425 e. The second-order valence-corrected chi connectivity index (χ2v) is 10.1.